The molecule has 0 aliphatic heterocycles. The molecule has 6 N–H and O–H groups in total. The van der Waals surface area contributed by atoms with Gasteiger partial charge >= 0.3 is 11.9 Å². The van der Waals surface area contributed by atoms with Gasteiger partial charge in [-0.25, -0.2) is 18.0 Å². The van der Waals surface area contributed by atoms with Gasteiger partial charge in [-0.3, -0.25) is 19.2 Å². The van der Waals surface area contributed by atoms with E-state index < -0.39 is 45.1 Å². The number of aromatic nitrogens is 2. The summed E-state index contributed by atoms with van der Waals surface area (Å²) in [5.74, 6) is -4.28. The fraction of sp³-hybridized carbons (Fsp3) is 0.0588. The van der Waals surface area contributed by atoms with E-state index in [9.17, 15) is 47.7 Å². The standard InChI is InChI=1S/C51H36N8O9S2/c1-3-69-33-18-16-30(17-19-33)46(60)58-39-11-6-8-31-24-41(54-44(31)39)48(62)56-37-20-14-28(26-52)22-35(37)50(64)68-51(65)36-23-29(27-53)15-21-38(36)57-49(63)42-25-32-9-7-12-40(45(32)55-42)59-47(61)34-10-4-5-13-43(34)70(2,66)67/h4-25,54-55H,3H2,1-2H3,(H,56,62)(H,57,63)(H,58,60)(H,59,61). The molecule has 346 valence electrons. The molecule has 70 heavy (non-hydrogen) atoms. The Labute approximate surface area is 402 Å². The summed E-state index contributed by atoms with van der Waals surface area (Å²) in [4.78, 5) is 88.3. The number of esters is 2. The first-order chi connectivity index (χ1) is 33.6. The third kappa shape index (κ3) is 10.2. The van der Waals surface area contributed by atoms with Gasteiger partial charge in [0.15, 0.2) is 9.84 Å². The lowest BCUT2D eigenvalue weighted by Gasteiger charge is -2.13. The summed E-state index contributed by atoms with van der Waals surface area (Å²) in [6.45, 7) is 2.03. The van der Waals surface area contributed by atoms with E-state index in [0.717, 1.165) is 29.0 Å². The first-order valence-corrected chi connectivity index (χ1v) is 23.9. The Morgan fingerprint density at radius 3 is 1.53 bits per heavy atom. The van der Waals surface area contributed by atoms with Crippen molar-refractivity contribution in [1.29, 1.82) is 10.5 Å². The molecule has 8 rings (SSSR count). The Kier molecular flexibility index (Phi) is 13.4. The van der Waals surface area contributed by atoms with Crippen LogP contribution in [0.4, 0.5) is 22.7 Å². The van der Waals surface area contributed by atoms with E-state index in [-0.39, 0.29) is 61.5 Å². The summed E-state index contributed by atoms with van der Waals surface area (Å²) >= 11 is 1.65. The molecule has 0 aliphatic carbocycles. The van der Waals surface area contributed by atoms with Crippen LogP contribution in [0.3, 0.4) is 0 Å². The van der Waals surface area contributed by atoms with Crippen LogP contribution in [0.2, 0.25) is 0 Å². The lowest BCUT2D eigenvalue weighted by molar-refractivity contribution is 0.0398. The maximum absolute atomic E-state index is 13.8. The zero-order chi connectivity index (χ0) is 49.7. The molecule has 0 radical (unpaired) electrons. The molecule has 0 spiro atoms. The molecule has 0 saturated carbocycles. The summed E-state index contributed by atoms with van der Waals surface area (Å²) in [5.41, 5.74) is 0.621. The maximum Gasteiger partial charge on any atom is 0.348 e. The second-order valence-corrected chi connectivity index (χ2v) is 18.7. The number of nitriles is 2. The number of ether oxygens (including phenoxy) is 1. The predicted molar refractivity (Wildman–Crippen MR) is 263 cm³/mol. The molecular formula is C51H36N8O9S2. The van der Waals surface area contributed by atoms with Crippen molar-refractivity contribution in [1.82, 2.24) is 9.97 Å². The number of nitrogens with one attached hydrogen (secondary N) is 6. The van der Waals surface area contributed by atoms with E-state index in [1.165, 1.54) is 60.7 Å². The van der Waals surface area contributed by atoms with Crippen LogP contribution in [-0.2, 0) is 14.6 Å². The molecule has 2 heterocycles. The number of carbonyl (C=O) groups excluding carboxylic acids is 6. The van der Waals surface area contributed by atoms with Crippen LogP contribution in [0.25, 0.3) is 21.8 Å². The smallest absolute Gasteiger partial charge is 0.348 e. The van der Waals surface area contributed by atoms with Gasteiger partial charge in [0, 0.05) is 27.5 Å². The minimum Gasteiger partial charge on any atom is -0.386 e. The number of rotatable bonds is 13. The molecule has 8 aromatic rings. The van der Waals surface area contributed by atoms with Crippen LogP contribution in [0.15, 0.2) is 143 Å². The lowest BCUT2D eigenvalue weighted by Crippen LogP contribution is -2.20. The highest BCUT2D eigenvalue weighted by Crippen LogP contribution is 2.29. The Morgan fingerprint density at radius 1 is 0.557 bits per heavy atom. The van der Waals surface area contributed by atoms with Crippen LogP contribution in [0.5, 0.6) is 0 Å². The van der Waals surface area contributed by atoms with Gasteiger partial charge in [-0.15, -0.1) is 11.8 Å². The second-order valence-electron chi connectivity index (χ2n) is 15.4. The molecule has 0 fully saturated rings. The molecular weight excluding hydrogens is 933 g/mol. The normalized spacial score (nSPS) is 11.0. The number of benzene rings is 6. The van der Waals surface area contributed by atoms with Gasteiger partial charge in [-0.2, -0.15) is 10.5 Å². The number of aromatic amines is 2. The molecule has 2 aromatic heterocycles. The highest BCUT2D eigenvalue weighted by Gasteiger charge is 2.25. The SMILES string of the molecule is CCSc1ccc(C(=O)Nc2cccc3cc(C(=O)Nc4ccc(C#N)cc4C(=O)OC(=O)c4cc(C#N)ccc4NC(=O)c4cc5cccc(NC(=O)c6ccccc6S(C)(=O)=O)c5[nH]4)[nH]c23)cc1. The van der Waals surface area contributed by atoms with Crippen molar-refractivity contribution in [3.05, 3.63) is 178 Å². The summed E-state index contributed by atoms with van der Waals surface area (Å²) in [7, 11) is -3.75. The van der Waals surface area contributed by atoms with Gasteiger partial charge in [0.1, 0.15) is 11.4 Å². The van der Waals surface area contributed by atoms with Crippen molar-refractivity contribution in [2.45, 2.75) is 16.7 Å². The van der Waals surface area contributed by atoms with Crippen molar-refractivity contribution in [3.8, 4) is 12.1 Å². The van der Waals surface area contributed by atoms with E-state index in [1.54, 1.807) is 60.3 Å². The summed E-state index contributed by atoms with van der Waals surface area (Å²) in [6, 6.07) is 37.0. The topological polar surface area (TPSA) is 273 Å². The van der Waals surface area contributed by atoms with Gasteiger partial charge < -0.3 is 36.0 Å². The van der Waals surface area contributed by atoms with Crippen LogP contribution >= 0.6 is 11.8 Å². The molecule has 0 bridgehead atoms. The van der Waals surface area contributed by atoms with E-state index >= 15 is 0 Å². The van der Waals surface area contributed by atoms with Crippen molar-refractivity contribution in [2.75, 3.05) is 33.3 Å². The van der Waals surface area contributed by atoms with Crippen LogP contribution in [0, 0.1) is 22.7 Å². The number of para-hydroxylation sites is 2. The predicted octanol–water partition coefficient (Wildman–Crippen LogP) is 8.91. The fourth-order valence-electron chi connectivity index (χ4n) is 7.35. The summed E-state index contributed by atoms with van der Waals surface area (Å²) in [5, 5.41) is 31.2. The van der Waals surface area contributed by atoms with E-state index in [0.29, 0.717) is 33.1 Å². The van der Waals surface area contributed by atoms with Gasteiger partial charge in [-0.1, -0.05) is 43.3 Å². The molecule has 6 aromatic carbocycles. The molecule has 17 nitrogen and oxygen atoms in total. The summed E-state index contributed by atoms with van der Waals surface area (Å²) in [6.07, 6.45) is 0.987. The van der Waals surface area contributed by atoms with Crippen molar-refractivity contribution in [2.24, 2.45) is 0 Å². The zero-order valence-corrected chi connectivity index (χ0v) is 38.4. The number of carbonyl (C=O) groups is 6. The quantitative estimate of drug-likeness (QED) is 0.0359. The van der Waals surface area contributed by atoms with Crippen LogP contribution < -0.4 is 21.3 Å². The van der Waals surface area contributed by atoms with Gasteiger partial charge in [0.05, 0.1) is 78.6 Å². The number of hydrogen-bond acceptors (Lipinski definition) is 12. The van der Waals surface area contributed by atoms with E-state index in [1.807, 2.05) is 31.2 Å². The number of anilines is 4. The molecule has 19 heteroatoms. The maximum atomic E-state index is 13.8. The largest absolute Gasteiger partial charge is 0.386 e. The number of H-pyrrole nitrogens is 2. The van der Waals surface area contributed by atoms with Gasteiger partial charge in [0.2, 0.25) is 0 Å². The summed E-state index contributed by atoms with van der Waals surface area (Å²) < 4.78 is 30.0. The van der Waals surface area contributed by atoms with Crippen molar-refractivity contribution >= 4 is 102 Å². The Hall–Kier alpha value is -9.30. The molecule has 4 amide bonds. The molecule has 0 saturated heterocycles. The van der Waals surface area contributed by atoms with Crippen LogP contribution in [-0.4, -0.2) is 66.0 Å². The number of sulfone groups is 1. The van der Waals surface area contributed by atoms with E-state index in [4.69, 9.17) is 4.74 Å². The second kappa shape index (κ2) is 19.9. The van der Waals surface area contributed by atoms with Crippen molar-refractivity contribution in [3.63, 3.8) is 0 Å². The Balaban J connectivity index is 0.995. The average Bonchev–Trinajstić information content (AvgIpc) is 4.01. The fourth-order valence-corrected chi connectivity index (χ4v) is 8.90. The highest BCUT2D eigenvalue weighted by molar-refractivity contribution is 7.99. The third-order valence-electron chi connectivity index (χ3n) is 10.7. The zero-order valence-electron chi connectivity index (χ0n) is 36.8. The van der Waals surface area contributed by atoms with Crippen molar-refractivity contribution < 1.29 is 41.9 Å². The monoisotopic (exact) mass is 968 g/mol. The number of nitrogens with zero attached hydrogens (tertiary/aromatic N) is 2. The van der Waals surface area contributed by atoms with Gasteiger partial charge in [0.25, 0.3) is 23.6 Å². The molecule has 0 atom stereocenters. The Bertz CT molecular complexity index is 3680. The first-order valence-electron chi connectivity index (χ1n) is 21.0. The lowest BCUT2D eigenvalue weighted by atomic mass is 10.1. The first kappa shape index (κ1) is 47.2. The average molecular weight is 969 g/mol. The number of fused-ring (bicyclic) bond motifs is 2. The number of amides is 4. The number of thioether (sulfide) groups is 1. The Morgan fingerprint density at radius 2 is 1.04 bits per heavy atom. The third-order valence-corrected chi connectivity index (χ3v) is 12.7. The van der Waals surface area contributed by atoms with Crippen LogP contribution in [0.1, 0.15) is 80.5 Å². The minimum absolute atomic E-state index is 0.0126. The van der Waals surface area contributed by atoms with Gasteiger partial charge in [-0.05, 0) is 103 Å². The number of hydrogen-bond donors (Lipinski definition) is 6. The van der Waals surface area contributed by atoms with E-state index in [2.05, 4.69) is 31.2 Å². The molecule has 0 aliphatic rings. The highest BCUT2D eigenvalue weighted by atomic mass is 32.2. The minimum atomic E-state index is -3.75. The molecule has 0 unspecified atom stereocenters.